The number of piperidine rings is 1. The van der Waals surface area contributed by atoms with Gasteiger partial charge in [-0.05, 0) is 31.3 Å². The van der Waals surface area contributed by atoms with Crippen LogP contribution < -0.4 is 0 Å². The van der Waals surface area contributed by atoms with Gasteiger partial charge in [0.05, 0.1) is 12.5 Å². The Morgan fingerprint density at radius 1 is 1.62 bits per heavy atom. The third-order valence-corrected chi connectivity index (χ3v) is 3.08. The average molecular weight is 220 g/mol. The number of carbonyl (C=O) groups is 1. The first-order valence-corrected chi connectivity index (χ1v) is 6.03. The van der Waals surface area contributed by atoms with Gasteiger partial charge in [0.2, 0.25) is 5.91 Å². The predicted octanol–water partition coefficient (Wildman–Crippen LogP) is 2.49. The highest BCUT2D eigenvalue weighted by Gasteiger charge is 2.28. The van der Waals surface area contributed by atoms with Gasteiger partial charge in [0.15, 0.2) is 0 Å². The van der Waals surface area contributed by atoms with Crippen molar-refractivity contribution in [3.05, 3.63) is 12.2 Å². The minimum absolute atomic E-state index is 0.0639. The first kappa shape index (κ1) is 12.8. The van der Waals surface area contributed by atoms with Crippen molar-refractivity contribution in [2.45, 2.75) is 45.6 Å². The van der Waals surface area contributed by atoms with Crippen LogP contribution in [0.5, 0.6) is 0 Å². The first-order valence-electron chi connectivity index (χ1n) is 6.03. The van der Waals surface area contributed by atoms with E-state index in [9.17, 15) is 4.79 Å². The fourth-order valence-corrected chi connectivity index (χ4v) is 2.16. The lowest BCUT2D eigenvalue weighted by molar-refractivity contribution is -0.130. The number of nitrogens with zero attached hydrogens (tertiary/aromatic N) is 2. The molecule has 1 amide bonds. The van der Waals surface area contributed by atoms with Gasteiger partial charge < -0.3 is 4.90 Å². The number of nitriles is 1. The molecule has 3 heteroatoms. The van der Waals surface area contributed by atoms with Gasteiger partial charge in [0.1, 0.15) is 0 Å². The predicted molar refractivity (Wildman–Crippen MR) is 63.6 cm³/mol. The maximum absolute atomic E-state index is 11.9. The summed E-state index contributed by atoms with van der Waals surface area (Å²) in [6, 6.07) is 2.29. The van der Waals surface area contributed by atoms with Crippen molar-refractivity contribution in [2.75, 3.05) is 6.54 Å². The molecule has 0 spiro atoms. The van der Waals surface area contributed by atoms with Crippen molar-refractivity contribution in [2.24, 2.45) is 5.92 Å². The van der Waals surface area contributed by atoms with Crippen molar-refractivity contribution in [1.29, 1.82) is 5.26 Å². The van der Waals surface area contributed by atoms with E-state index in [4.69, 9.17) is 5.26 Å². The number of rotatable bonds is 3. The molecule has 0 radical (unpaired) electrons. The highest BCUT2D eigenvalue weighted by molar-refractivity contribution is 5.87. The summed E-state index contributed by atoms with van der Waals surface area (Å²) in [5.74, 6) is 0.687. The van der Waals surface area contributed by atoms with E-state index in [-0.39, 0.29) is 11.9 Å². The Kier molecular flexibility index (Phi) is 5.04. The summed E-state index contributed by atoms with van der Waals surface area (Å²) in [5.41, 5.74) is 0. The normalized spacial score (nSPS) is 25.7. The van der Waals surface area contributed by atoms with Gasteiger partial charge in [0.25, 0.3) is 0 Å². The third kappa shape index (κ3) is 3.37. The van der Waals surface area contributed by atoms with Gasteiger partial charge in [-0.1, -0.05) is 19.9 Å². The Morgan fingerprint density at radius 2 is 2.38 bits per heavy atom. The van der Waals surface area contributed by atoms with Gasteiger partial charge in [0, 0.05) is 12.6 Å². The molecule has 0 aromatic rings. The lowest BCUT2D eigenvalue weighted by Gasteiger charge is -2.36. The van der Waals surface area contributed by atoms with Crippen LogP contribution in [0, 0.1) is 17.2 Å². The van der Waals surface area contributed by atoms with E-state index in [1.807, 2.05) is 17.9 Å². The highest BCUT2D eigenvalue weighted by atomic mass is 16.2. The molecule has 0 unspecified atom stereocenters. The largest absolute Gasteiger partial charge is 0.335 e. The maximum Gasteiger partial charge on any atom is 0.246 e. The van der Waals surface area contributed by atoms with Gasteiger partial charge in [-0.25, -0.2) is 0 Å². The molecule has 2 atom stereocenters. The van der Waals surface area contributed by atoms with Crippen molar-refractivity contribution < 1.29 is 4.79 Å². The summed E-state index contributed by atoms with van der Waals surface area (Å²) in [4.78, 5) is 13.7. The zero-order valence-corrected chi connectivity index (χ0v) is 10.1. The Bertz CT molecular complexity index is 304. The Morgan fingerprint density at radius 3 is 3.00 bits per heavy atom. The number of likely N-dealkylation sites (tertiary alicyclic amines) is 1. The molecule has 1 saturated heterocycles. The lowest BCUT2D eigenvalue weighted by atomic mass is 9.91. The summed E-state index contributed by atoms with van der Waals surface area (Å²) in [7, 11) is 0. The van der Waals surface area contributed by atoms with Crippen LogP contribution in [-0.4, -0.2) is 23.4 Å². The molecular formula is C13H20N2O. The summed E-state index contributed by atoms with van der Waals surface area (Å²) in [5, 5.41) is 8.77. The van der Waals surface area contributed by atoms with E-state index in [1.165, 1.54) is 0 Å². The number of hydrogen-bond acceptors (Lipinski definition) is 2. The first-order chi connectivity index (χ1) is 7.69. The van der Waals surface area contributed by atoms with Crippen molar-refractivity contribution in [3.8, 4) is 6.07 Å². The second-order valence-corrected chi connectivity index (χ2v) is 4.49. The Hall–Kier alpha value is -1.30. The topological polar surface area (TPSA) is 44.1 Å². The molecule has 0 bridgehead atoms. The SMILES string of the molecule is CC/C=C/C(=O)N1CC[C@H](C)C[C@H]1CC#N. The monoisotopic (exact) mass is 220 g/mol. The van der Waals surface area contributed by atoms with E-state index in [0.717, 1.165) is 25.8 Å². The molecule has 1 fully saturated rings. The highest BCUT2D eigenvalue weighted by Crippen LogP contribution is 2.24. The van der Waals surface area contributed by atoms with Crippen LogP contribution in [-0.2, 0) is 4.79 Å². The molecule has 3 nitrogen and oxygen atoms in total. The zero-order valence-electron chi connectivity index (χ0n) is 10.1. The molecule has 88 valence electrons. The van der Waals surface area contributed by atoms with Gasteiger partial charge in [-0.2, -0.15) is 5.26 Å². The number of hydrogen-bond donors (Lipinski definition) is 0. The third-order valence-electron chi connectivity index (χ3n) is 3.08. The number of carbonyl (C=O) groups excluding carboxylic acids is 1. The van der Waals surface area contributed by atoms with Crippen LogP contribution in [0.4, 0.5) is 0 Å². The smallest absolute Gasteiger partial charge is 0.246 e. The minimum atomic E-state index is 0.0639. The molecule has 0 N–H and O–H groups in total. The molecule has 0 saturated carbocycles. The van der Waals surface area contributed by atoms with Crippen LogP contribution in [0.15, 0.2) is 12.2 Å². The van der Waals surface area contributed by atoms with Crippen molar-refractivity contribution >= 4 is 5.91 Å². The molecule has 1 aliphatic heterocycles. The fraction of sp³-hybridized carbons (Fsp3) is 0.692. The van der Waals surface area contributed by atoms with E-state index >= 15 is 0 Å². The molecule has 0 aliphatic carbocycles. The second kappa shape index (κ2) is 6.32. The Balaban J connectivity index is 2.65. The molecule has 0 aromatic carbocycles. The minimum Gasteiger partial charge on any atom is -0.335 e. The average Bonchev–Trinajstić information content (AvgIpc) is 2.26. The summed E-state index contributed by atoms with van der Waals surface area (Å²) in [6.07, 6.45) is 6.85. The molecule has 1 rings (SSSR count). The van der Waals surface area contributed by atoms with E-state index in [0.29, 0.717) is 12.3 Å². The van der Waals surface area contributed by atoms with Crippen molar-refractivity contribution in [3.63, 3.8) is 0 Å². The Labute approximate surface area is 97.7 Å². The molecule has 0 aromatic heterocycles. The van der Waals surface area contributed by atoms with Crippen LogP contribution in [0.2, 0.25) is 0 Å². The van der Waals surface area contributed by atoms with Crippen LogP contribution >= 0.6 is 0 Å². The van der Waals surface area contributed by atoms with Crippen molar-refractivity contribution in [1.82, 2.24) is 4.90 Å². The fourth-order valence-electron chi connectivity index (χ4n) is 2.16. The zero-order chi connectivity index (χ0) is 12.0. The summed E-state index contributed by atoms with van der Waals surface area (Å²) >= 11 is 0. The molecule has 1 heterocycles. The maximum atomic E-state index is 11.9. The standard InChI is InChI=1S/C13H20N2O/c1-3-4-5-13(16)15-9-7-11(2)10-12(15)6-8-14/h4-5,11-12H,3,6-7,9-10H2,1-2H3/b5-4+/t11-,12+/m0/s1. The quantitative estimate of drug-likeness (QED) is 0.686. The molecular weight excluding hydrogens is 200 g/mol. The van der Waals surface area contributed by atoms with E-state index < -0.39 is 0 Å². The van der Waals surface area contributed by atoms with E-state index in [2.05, 4.69) is 13.0 Å². The van der Waals surface area contributed by atoms with E-state index in [1.54, 1.807) is 6.08 Å². The lowest BCUT2D eigenvalue weighted by Crippen LogP contribution is -2.44. The van der Waals surface area contributed by atoms with Crippen LogP contribution in [0.3, 0.4) is 0 Å². The number of amides is 1. The molecule has 1 aliphatic rings. The van der Waals surface area contributed by atoms with Gasteiger partial charge in [-0.15, -0.1) is 0 Å². The second-order valence-electron chi connectivity index (χ2n) is 4.49. The summed E-state index contributed by atoms with van der Waals surface area (Å²) < 4.78 is 0. The summed E-state index contributed by atoms with van der Waals surface area (Å²) in [6.45, 7) is 4.99. The van der Waals surface area contributed by atoms with Crippen LogP contribution in [0.25, 0.3) is 0 Å². The van der Waals surface area contributed by atoms with Gasteiger partial charge >= 0.3 is 0 Å². The number of allylic oxidation sites excluding steroid dienone is 1. The van der Waals surface area contributed by atoms with Gasteiger partial charge in [-0.3, -0.25) is 4.79 Å². The molecule has 16 heavy (non-hydrogen) atoms. The van der Waals surface area contributed by atoms with Crippen LogP contribution in [0.1, 0.15) is 39.5 Å².